The van der Waals surface area contributed by atoms with Crippen LogP contribution in [0.3, 0.4) is 0 Å². The third kappa shape index (κ3) is 2.54. The van der Waals surface area contributed by atoms with Gasteiger partial charge in [-0.05, 0) is 48.7 Å². The summed E-state index contributed by atoms with van der Waals surface area (Å²) in [7, 11) is 1.66. The molecule has 7 heteroatoms. The first-order valence-electron chi connectivity index (χ1n) is 7.66. The molecular formula is C17H15FN4OS. The smallest absolute Gasteiger partial charge is 0.224 e. The maximum absolute atomic E-state index is 13.1. The number of aryl methyl sites for hydroxylation is 1. The topological polar surface area (TPSA) is 51.1 Å². The lowest BCUT2D eigenvalue weighted by Gasteiger charge is -2.31. The number of hydrogen-bond donors (Lipinski definition) is 0. The number of aromatic nitrogens is 3. The predicted molar refractivity (Wildman–Crippen MR) is 92.6 cm³/mol. The maximum atomic E-state index is 13.1. The van der Waals surface area contributed by atoms with Gasteiger partial charge >= 0.3 is 0 Å². The lowest BCUT2D eigenvalue weighted by Crippen LogP contribution is -2.26. The Bertz CT molecular complexity index is 905. The van der Waals surface area contributed by atoms with Crippen LogP contribution in [0, 0.1) is 0 Å². The fourth-order valence-corrected chi connectivity index (χ4v) is 3.33. The fourth-order valence-electron chi connectivity index (χ4n) is 3.09. The van der Waals surface area contributed by atoms with Crippen LogP contribution in [-0.2, 0) is 6.42 Å². The third-order valence-electron chi connectivity index (χ3n) is 4.16. The van der Waals surface area contributed by atoms with E-state index < -0.39 is 0 Å². The number of benzene rings is 1. The zero-order chi connectivity index (χ0) is 16.5. The average Bonchev–Trinajstić information content (AvgIpc) is 2.66. The molecule has 0 unspecified atom stereocenters. The van der Waals surface area contributed by atoms with E-state index in [1.807, 2.05) is 30.3 Å². The molecule has 0 spiro atoms. The van der Waals surface area contributed by atoms with E-state index in [0.717, 1.165) is 36.2 Å². The van der Waals surface area contributed by atoms with Gasteiger partial charge in [0, 0.05) is 18.4 Å². The molecule has 122 valence electrons. The van der Waals surface area contributed by atoms with Crippen molar-refractivity contribution in [1.29, 1.82) is 0 Å². The minimum absolute atomic E-state index is 0.0403. The zero-order valence-electron chi connectivity index (χ0n) is 13.1. The number of ether oxygens (including phenoxy) is 1. The van der Waals surface area contributed by atoms with Gasteiger partial charge in [0.15, 0.2) is 5.65 Å². The molecule has 3 heterocycles. The van der Waals surface area contributed by atoms with Gasteiger partial charge in [0.2, 0.25) is 5.16 Å². The van der Waals surface area contributed by atoms with E-state index >= 15 is 0 Å². The molecule has 0 N–H and O–H groups in total. The molecule has 4 rings (SSSR count). The summed E-state index contributed by atoms with van der Waals surface area (Å²) in [6.07, 6.45) is 3.62. The van der Waals surface area contributed by atoms with Gasteiger partial charge in [-0.25, -0.2) is 15.0 Å². The summed E-state index contributed by atoms with van der Waals surface area (Å²) < 4.78 is 18.4. The molecule has 1 aromatic carbocycles. The largest absolute Gasteiger partial charge is 0.497 e. The molecule has 0 fully saturated rings. The standard InChI is InChI=1S/C17H15FN4OS/c1-23-12-6-7-14-11(10-12)4-3-9-22(14)16-13-5-2-8-19-15(13)20-17(21-16)24-18/h2,5-8,10H,3-4,9H2,1H3. The van der Waals surface area contributed by atoms with Crippen molar-refractivity contribution in [3.05, 3.63) is 42.1 Å². The molecule has 0 saturated carbocycles. The quantitative estimate of drug-likeness (QED) is 0.668. The fraction of sp³-hybridized carbons (Fsp3) is 0.235. The Morgan fingerprint density at radius 2 is 2.17 bits per heavy atom. The van der Waals surface area contributed by atoms with Crippen LogP contribution < -0.4 is 9.64 Å². The number of methoxy groups -OCH3 is 1. The SMILES string of the molecule is COc1ccc2c(c1)CCCN2c1nc(SF)nc2ncccc12. The van der Waals surface area contributed by atoms with E-state index in [9.17, 15) is 3.89 Å². The highest BCUT2D eigenvalue weighted by atomic mass is 32.2. The van der Waals surface area contributed by atoms with Gasteiger partial charge in [0.05, 0.1) is 12.5 Å². The second kappa shape index (κ2) is 6.24. The second-order valence-corrected chi connectivity index (χ2v) is 6.05. The number of pyridine rings is 1. The number of fused-ring (bicyclic) bond motifs is 2. The number of halogens is 1. The first-order chi connectivity index (χ1) is 11.8. The van der Waals surface area contributed by atoms with Crippen LogP contribution in [-0.4, -0.2) is 28.6 Å². The van der Waals surface area contributed by atoms with E-state index in [-0.39, 0.29) is 17.3 Å². The molecule has 1 aliphatic heterocycles. The molecule has 0 saturated heterocycles. The van der Waals surface area contributed by atoms with Gasteiger partial charge in [0.1, 0.15) is 23.7 Å². The molecule has 0 bridgehead atoms. The van der Waals surface area contributed by atoms with Crippen molar-refractivity contribution in [2.45, 2.75) is 18.0 Å². The van der Waals surface area contributed by atoms with Crippen molar-refractivity contribution in [3.8, 4) is 5.75 Å². The van der Waals surface area contributed by atoms with Gasteiger partial charge in [-0.2, -0.15) is 3.89 Å². The van der Waals surface area contributed by atoms with Gasteiger partial charge < -0.3 is 9.64 Å². The maximum Gasteiger partial charge on any atom is 0.224 e. The highest BCUT2D eigenvalue weighted by molar-refractivity contribution is 7.94. The monoisotopic (exact) mass is 342 g/mol. The highest BCUT2D eigenvalue weighted by Crippen LogP contribution is 2.37. The Balaban J connectivity index is 1.90. The molecule has 1 aliphatic rings. The molecule has 24 heavy (non-hydrogen) atoms. The van der Waals surface area contributed by atoms with Crippen molar-refractivity contribution in [2.75, 3.05) is 18.6 Å². The Labute approximate surface area is 143 Å². The van der Waals surface area contributed by atoms with Crippen LogP contribution in [0.15, 0.2) is 41.7 Å². The molecule has 0 atom stereocenters. The number of nitrogens with zero attached hydrogens (tertiary/aromatic N) is 4. The summed E-state index contributed by atoms with van der Waals surface area (Å²) in [4.78, 5) is 14.9. The Morgan fingerprint density at radius 1 is 1.25 bits per heavy atom. The summed E-state index contributed by atoms with van der Waals surface area (Å²) in [5.41, 5.74) is 2.77. The minimum Gasteiger partial charge on any atom is -0.497 e. The van der Waals surface area contributed by atoms with E-state index in [1.54, 1.807) is 13.3 Å². The summed E-state index contributed by atoms with van der Waals surface area (Å²) in [6, 6.07) is 9.77. The van der Waals surface area contributed by atoms with E-state index in [0.29, 0.717) is 11.5 Å². The van der Waals surface area contributed by atoms with Crippen molar-refractivity contribution in [3.63, 3.8) is 0 Å². The Hall–Kier alpha value is -2.41. The summed E-state index contributed by atoms with van der Waals surface area (Å²) in [5.74, 6) is 1.53. The van der Waals surface area contributed by atoms with E-state index in [1.165, 1.54) is 5.56 Å². The molecular weight excluding hydrogens is 327 g/mol. The Morgan fingerprint density at radius 3 is 3.00 bits per heavy atom. The number of anilines is 2. The van der Waals surface area contributed by atoms with Gasteiger partial charge in [-0.15, -0.1) is 0 Å². The number of hydrogen-bond acceptors (Lipinski definition) is 6. The molecule has 0 amide bonds. The van der Waals surface area contributed by atoms with E-state index in [4.69, 9.17) is 4.74 Å². The van der Waals surface area contributed by atoms with Crippen molar-refractivity contribution in [1.82, 2.24) is 15.0 Å². The lowest BCUT2D eigenvalue weighted by atomic mass is 10.0. The van der Waals surface area contributed by atoms with Crippen LogP contribution >= 0.6 is 12.1 Å². The average molecular weight is 342 g/mol. The zero-order valence-corrected chi connectivity index (χ0v) is 13.9. The van der Waals surface area contributed by atoms with Crippen LogP contribution in [0.2, 0.25) is 0 Å². The highest BCUT2D eigenvalue weighted by Gasteiger charge is 2.23. The third-order valence-corrected chi connectivity index (χ3v) is 4.48. The summed E-state index contributed by atoms with van der Waals surface area (Å²) >= 11 is 0.0403. The normalized spacial score (nSPS) is 13.8. The molecule has 0 radical (unpaired) electrons. The summed E-state index contributed by atoms with van der Waals surface area (Å²) in [6.45, 7) is 0.816. The van der Waals surface area contributed by atoms with Crippen LogP contribution in [0.5, 0.6) is 5.75 Å². The van der Waals surface area contributed by atoms with Crippen LogP contribution in [0.1, 0.15) is 12.0 Å². The lowest BCUT2D eigenvalue weighted by molar-refractivity contribution is 0.414. The molecule has 2 aromatic heterocycles. The van der Waals surface area contributed by atoms with E-state index in [2.05, 4.69) is 19.9 Å². The second-order valence-electron chi connectivity index (χ2n) is 5.53. The van der Waals surface area contributed by atoms with Crippen molar-refractivity contribution in [2.24, 2.45) is 0 Å². The summed E-state index contributed by atoms with van der Waals surface area (Å²) in [5, 5.41) is 0.899. The molecule has 5 nitrogen and oxygen atoms in total. The predicted octanol–water partition coefficient (Wildman–Crippen LogP) is 4.09. The first kappa shape index (κ1) is 15.1. The van der Waals surface area contributed by atoms with Crippen molar-refractivity contribution >= 4 is 34.7 Å². The molecule has 0 aliphatic carbocycles. The van der Waals surface area contributed by atoms with Gasteiger partial charge in [-0.3, -0.25) is 0 Å². The Kier molecular flexibility index (Phi) is 3.93. The minimum atomic E-state index is 0.0403. The molecule has 3 aromatic rings. The van der Waals surface area contributed by atoms with Crippen LogP contribution in [0.4, 0.5) is 15.4 Å². The first-order valence-corrected chi connectivity index (χ1v) is 8.37. The van der Waals surface area contributed by atoms with Crippen molar-refractivity contribution < 1.29 is 8.62 Å². The number of rotatable bonds is 3. The van der Waals surface area contributed by atoms with Gasteiger partial charge in [-0.1, -0.05) is 0 Å². The van der Waals surface area contributed by atoms with Crippen LogP contribution in [0.25, 0.3) is 11.0 Å². The van der Waals surface area contributed by atoms with Gasteiger partial charge in [0.25, 0.3) is 0 Å².